The maximum absolute atomic E-state index is 6.24. The first kappa shape index (κ1) is 12.7. The third kappa shape index (κ3) is 2.91. The minimum absolute atomic E-state index is 0.0355. The van der Waals surface area contributed by atoms with Crippen LogP contribution in [0.25, 0.3) is 0 Å². The molecular weight excluding hydrogens is 250 g/mol. The predicted octanol–water partition coefficient (Wildman–Crippen LogP) is 2.97. The molecule has 2 rings (SSSR count). The number of aryl methyl sites for hydroxylation is 2. The molecule has 3 nitrogen and oxygen atoms in total. The van der Waals surface area contributed by atoms with Gasteiger partial charge in [0.25, 0.3) is 0 Å². The fourth-order valence-corrected chi connectivity index (χ4v) is 3.53. The van der Waals surface area contributed by atoms with E-state index in [4.69, 9.17) is 5.73 Å². The predicted molar refractivity (Wildman–Crippen MR) is 73.6 cm³/mol. The summed E-state index contributed by atoms with van der Waals surface area (Å²) in [5.41, 5.74) is 7.29. The molecule has 2 heterocycles. The fraction of sp³-hybridized carbons (Fsp3) is 0.500. The molecule has 0 aliphatic carbocycles. The number of thiophene rings is 1. The normalized spacial score (nSPS) is 12.9. The molecule has 0 bridgehead atoms. The van der Waals surface area contributed by atoms with E-state index in [2.05, 4.69) is 35.6 Å². The lowest BCUT2D eigenvalue weighted by Crippen LogP contribution is -2.13. The van der Waals surface area contributed by atoms with Crippen LogP contribution in [-0.4, -0.2) is 9.59 Å². The third-order valence-corrected chi connectivity index (χ3v) is 4.89. The molecule has 1 atom stereocenters. The van der Waals surface area contributed by atoms with E-state index in [0.29, 0.717) is 0 Å². The Kier molecular flexibility index (Phi) is 4.25. The van der Waals surface area contributed by atoms with Gasteiger partial charge >= 0.3 is 0 Å². The lowest BCUT2D eigenvalue weighted by Gasteiger charge is -2.08. The second-order valence-corrected chi connectivity index (χ2v) is 6.01. The Morgan fingerprint density at radius 1 is 1.24 bits per heavy atom. The minimum atomic E-state index is 0.0355. The average Bonchev–Trinajstić information content (AvgIpc) is 2.96. The van der Waals surface area contributed by atoms with Crippen molar-refractivity contribution in [2.45, 2.75) is 39.2 Å². The first-order valence-corrected chi connectivity index (χ1v) is 7.47. The highest BCUT2D eigenvalue weighted by atomic mass is 32.1. The van der Waals surface area contributed by atoms with Crippen LogP contribution in [0.2, 0.25) is 0 Å². The number of hydrogen-bond donors (Lipinski definition) is 1. The summed E-state index contributed by atoms with van der Waals surface area (Å²) in [6.07, 6.45) is 2.90. The van der Waals surface area contributed by atoms with Crippen molar-refractivity contribution in [3.05, 3.63) is 32.5 Å². The molecule has 5 heteroatoms. The van der Waals surface area contributed by atoms with Crippen molar-refractivity contribution in [3.63, 3.8) is 0 Å². The summed E-state index contributed by atoms with van der Waals surface area (Å²) in [7, 11) is 0. The van der Waals surface area contributed by atoms with Crippen LogP contribution < -0.4 is 5.73 Å². The number of aromatic nitrogens is 2. The van der Waals surface area contributed by atoms with Crippen molar-refractivity contribution in [2.24, 2.45) is 5.73 Å². The quantitative estimate of drug-likeness (QED) is 0.906. The van der Waals surface area contributed by atoms with E-state index in [9.17, 15) is 0 Å². The van der Waals surface area contributed by atoms with E-state index in [1.54, 1.807) is 0 Å². The van der Waals surface area contributed by atoms with Crippen molar-refractivity contribution in [2.75, 3.05) is 0 Å². The highest BCUT2D eigenvalue weighted by Crippen LogP contribution is 2.26. The Hall–Kier alpha value is -0.780. The van der Waals surface area contributed by atoms with Crippen LogP contribution in [0, 0.1) is 0 Å². The van der Waals surface area contributed by atoms with Crippen molar-refractivity contribution >= 4 is 22.9 Å². The van der Waals surface area contributed by atoms with Gasteiger partial charge in [-0.05, 0) is 36.5 Å². The number of nitrogens with zero attached hydrogens (tertiary/aromatic N) is 2. The van der Waals surface area contributed by atoms with Gasteiger partial charge in [0.1, 0.15) is 0 Å². The Balaban J connectivity index is 2.08. The van der Waals surface area contributed by atoms with E-state index in [1.807, 2.05) is 11.3 Å². The molecule has 0 spiro atoms. The summed E-state index contributed by atoms with van der Waals surface area (Å²) in [6, 6.07) is 4.41. The summed E-state index contributed by atoms with van der Waals surface area (Å²) in [5.74, 6) is 0. The first-order valence-electron chi connectivity index (χ1n) is 5.88. The molecule has 1 unspecified atom stereocenters. The molecule has 0 aliphatic rings. The largest absolute Gasteiger partial charge is 0.323 e. The highest BCUT2D eigenvalue weighted by Gasteiger charge is 2.15. The lowest BCUT2D eigenvalue weighted by atomic mass is 10.1. The zero-order valence-corrected chi connectivity index (χ0v) is 11.8. The van der Waals surface area contributed by atoms with Crippen LogP contribution in [0.5, 0.6) is 0 Å². The van der Waals surface area contributed by atoms with Gasteiger partial charge in [0.15, 0.2) is 0 Å². The number of hydrogen-bond acceptors (Lipinski definition) is 5. The van der Waals surface area contributed by atoms with Gasteiger partial charge in [-0.3, -0.25) is 0 Å². The smallest absolute Gasteiger partial charge is 0.0801 e. The molecule has 17 heavy (non-hydrogen) atoms. The van der Waals surface area contributed by atoms with Crippen molar-refractivity contribution in [1.82, 2.24) is 9.59 Å². The van der Waals surface area contributed by atoms with Crippen LogP contribution >= 0.6 is 22.9 Å². The summed E-state index contributed by atoms with van der Waals surface area (Å²) < 4.78 is 3.99. The monoisotopic (exact) mass is 267 g/mol. The summed E-state index contributed by atoms with van der Waals surface area (Å²) in [6.45, 7) is 4.27. The molecule has 92 valence electrons. The van der Waals surface area contributed by atoms with Gasteiger partial charge in [0.2, 0.25) is 0 Å². The van der Waals surface area contributed by atoms with Gasteiger partial charge < -0.3 is 5.73 Å². The van der Waals surface area contributed by atoms with E-state index in [0.717, 1.165) is 29.8 Å². The molecule has 0 amide bonds. The Bertz CT molecular complexity index is 476. The van der Waals surface area contributed by atoms with Gasteiger partial charge in [0.05, 0.1) is 10.6 Å². The number of nitrogens with two attached hydrogens (primary N) is 1. The van der Waals surface area contributed by atoms with Gasteiger partial charge in [-0.15, -0.1) is 16.4 Å². The van der Waals surface area contributed by atoms with Crippen molar-refractivity contribution in [3.8, 4) is 0 Å². The molecule has 0 saturated carbocycles. The molecule has 2 aromatic rings. The second kappa shape index (κ2) is 5.71. The molecule has 0 aromatic carbocycles. The van der Waals surface area contributed by atoms with Gasteiger partial charge in [-0.1, -0.05) is 18.3 Å². The van der Waals surface area contributed by atoms with E-state index in [1.165, 1.54) is 21.3 Å². The van der Waals surface area contributed by atoms with Crippen molar-refractivity contribution in [1.29, 1.82) is 0 Å². The second-order valence-electron chi connectivity index (χ2n) is 3.97. The Morgan fingerprint density at radius 3 is 2.65 bits per heavy atom. The summed E-state index contributed by atoms with van der Waals surface area (Å²) >= 11 is 3.29. The standard InChI is InChI=1S/C12H17N3S2/c1-3-8-5-6-9(16-8)7-10(13)12-11(4-2)14-15-17-12/h5-6,10H,3-4,7,13H2,1-2H3. The van der Waals surface area contributed by atoms with E-state index < -0.39 is 0 Å². The molecule has 0 fully saturated rings. The lowest BCUT2D eigenvalue weighted by molar-refractivity contribution is 0.730. The van der Waals surface area contributed by atoms with Crippen LogP contribution in [0.1, 0.15) is 40.2 Å². The van der Waals surface area contributed by atoms with Gasteiger partial charge in [0, 0.05) is 22.2 Å². The molecular formula is C12H17N3S2. The Labute approximate surface area is 110 Å². The van der Waals surface area contributed by atoms with E-state index >= 15 is 0 Å². The van der Waals surface area contributed by atoms with Crippen LogP contribution in [0.15, 0.2) is 12.1 Å². The third-order valence-electron chi connectivity index (χ3n) is 2.74. The SMILES string of the molecule is CCc1ccc(CC(N)c2snnc2CC)s1. The summed E-state index contributed by atoms with van der Waals surface area (Å²) in [5, 5.41) is 4.11. The van der Waals surface area contributed by atoms with Crippen LogP contribution in [-0.2, 0) is 19.3 Å². The topological polar surface area (TPSA) is 51.8 Å². The fourth-order valence-electron chi connectivity index (χ4n) is 1.77. The van der Waals surface area contributed by atoms with Gasteiger partial charge in [-0.2, -0.15) is 0 Å². The average molecular weight is 267 g/mol. The zero-order chi connectivity index (χ0) is 12.3. The van der Waals surface area contributed by atoms with Crippen molar-refractivity contribution < 1.29 is 0 Å². The van der Waals surface area contributed by atoms with Crippen LogP contribution in [0.3, 0.4) is 0 Å². The Morgan fingerprint density at radius 2 is 2.00 bits per heavy atom. The number of rotatable bonds is 5. The van der Waals surface area contributed by atoms with Crippen LogP contribution in [0.4, 0.5) is 0 Å². The maximum atomic E-state index is 6.24. The minimum Gasteiger partial charge on any atom is -0.323 e. The van der Waals surface area contributed by atoms with E-state index in [-0.39, 0.29) is 6.04 Å². The summed E-state index contributed by atoms with van der Waals surface area (Å²) in [4.78, 5) is 3.91. The molecule has 2 N–H and O–H groups in total. The zero-order valence-electron chi connectivity index (χ0n) is 10.1. The first-order chi connectivity index (χ1) is 8.24. The highest BCUT2D eigenvalue weighted by molar-refractivity contribution is 7.12. The molecule has 0 radical (unpaired) electrons. The maximum Gasteiger partial charge on any atom is 0.0801 e. The van der Waals surface area contributed by atoms with Gasteiger partial charge in [-0.25, -0.2) is 0 Å². The molecule has 2 aromatic heterocycles. The molecule has 0 aliphatic heterocycles. The molecule has 0 saturated heterocycles.